The van der Waals surface area contributed by atoms with Gasteiger partial charge in [0.15, 0.2) is 5.82 Å². The Bertz CT molecular complexity index is 1010. The predicted octanol–water partition coefficient (Wildman–Crippen LogP) is 2.92. The molecule has 3 N–H and O–H groups in total. The van der Waals surface area contributed by atoms with E-state index in [1.165, 1.54) is 16.8 Å². The number of halogens is 1. The third kappa shape index (κ3) is 2.94. The molecule has 6 nitrogen and oxygen atoms in total. The van der Waals surface area contributed by atoms with Crippen molar-refractivity contribution in [3.8, 4) is 11.4 Å². The molecule has 0 radical (unpaired) electrons. The number of sulfone groups is 1. The molecule has 9 heteroatoms. The average molecular weight is 411 g/mol. The smallest absolute Gasteiger partial charge is 0.214 e. The van der Waals surface area contributed by atoms with E-state index >= 15 is 0 Å². The maximum Gasteiger partial charge on any atom is 0.214 e. The molecule has 3 aromatic rings. The summed E-state index contributed by atoms with van der Waals surface area (Å²) < 4.78 is 27.5. The molecule has 0 spiro atoms. The number of nitrogens with two attached hydrogens (primary N) is 1. The molecule has 118 valence electrons. The molecule has 0 unspecified atom stereocenters. The minimum absolute atomic E-state index is 0.196. The van der Waals surface area contributed by atoms with Gasteiger partial charge in [0.25, 0.3) is 0 Å². The van der Waals surface area contributed by atoms with Crippen molar-refractivity contribution in [2.75, 3.05) is 5.84 Å². The number of nitrogen functional groups attached to an aromatic ring is 1. The van der Waals surface area contributed by atoms with Crippen LogP contribution in [-0.2, 0) is 9.84 Å². The van der Waals surface area contributed by atoms with Crippen molar-refractivity contribution >= 4 is 38.0 Å². The van der Waals surface area contributed by atoms with Crippen LogP contribution in [0.3, 0.4) is 0 Å². The molecule has 0 aliphatic rings. The fourth-order valence-corrected chi connectivity index (χ4v) is 3.70. The molecule has 0 bridgehead atoms. The van der Waals surface area contributed by atoms with Gasteiger partial charge in [-0.15, -0.1) is 0 Å². The molecular weight excluding hydrogens is 400 g/mol. The first-order valence-electron chi connectivity index (χ1n) is 6.43. The normalized spacial score (nSPS) is 11.5. The van der Waals surface area contributed by atoms with Crippen LogP contribution >= 0.6 is 28.1 Å². The summed E-state index contributed by atoms with van der Waals surface area (Å²) in [6, 6.07) is 12.8. The van der Waals surface area contributed by atoms with Crippen LogP contribution in [0.2, 0.25) is 0 Å². The van der Waals surface area contributed by atoms with Gasteiger partial charge in [-0.3, -0.25) is 0 Å². The van der Waals surface area contributed by atoms with Gasteiger partial charge in [0.1, 0.15) is 0 Å². The molecule has 0 atom stereocenters. The van der Waals surface area contributed by atoms with E-state index in [-0.39, 0.29) is 14.6 Å². The molecule has 23 heavy (non-hydrogen) atoms. The highest BCUT2D eigenvalue weighted by Gasteiger charge is 2.18. The molecule has 1 aromatic heterocycles. The largest absolute Gasteiger partial charge is 0.335 e. The summed E-state index contributed by atoms with van der Waals surface area (Å²) in [6.45, 7) is 0. The third-order valence-corrected chi connectivity index (χ3v) is 5.85. The molecule has 0 aliphatic heterocycles. The molecular formula is C14H11BrN4O2S2. The van der Waals surface area contributed by atoms with Crippen LogP contribution in [0.25, 0.3) is 11.4 Å². The Morgan fingerprint density at radius 2 is 1.57 bits per heavy atom. The number of nitrogens with zero attached hydrogens (tertiary/aromatic N) is 2. The number of rotatable bonds is 3. The van der Waals surface area contributed by atoms with E-state index in [9.17, 15) is 8.42 Å². The van der Waals surface area contributed by atoms with Gasteiger partial charge in [-0.1, -0.05) is 15.9 Å². The van der Waals surface area contributed by atoms with Gasteiger partial charge in [0.05, 0.1) is 9.79 Å². The van der Waals surface area contributed by atoms with E-state index in [4.69, 9.17) is 18.1 Å². The topological polar surface area (TPSA) is 93.8 Å². The quantitative estimate of drug-likeness (QED) is 0.511. The molecule has 3 rings (SSSR count). The summed E-state index contributed by atoms with van der Waals surface area (Å²) in [5.41, 5.74) is 0.662. The van der Waals surface area contributed by atoms with Crippen molar-refractivity contribution in [1.29, 1.82) is 0 Å². The Morgan fingerprint density at radius 1 is 1.04 bits per heavy atom. The van der Waals surface area contributed by atoms with Crippen LogP contribution in [0.1, 0.15) is 0 Å². The molecule has 1 heterocycles. The number of aromatic amines is 1. The van der Waals surface area contributed by atoms with Crippen LogP contribution in [0, 0.1) is 4.77 Å². The lowest BCUT2D eigenvalue weighted by Crippen LogP contribution is -2.10. The van der Waals surface area contributed by atoms with Gasteiger partial charge in [-0.2, -0.15) is 5.10 Å². The van der Waals surface area contributed by atoms with Crippen molar-refractivity contribution in [2.45, 2.75) is 9.79 Å². The first kappa shape index (κ1) is 15.9. The third-order valence-electron chi connectivity index (χ3n) is 3.25. The monoisotopic (exact) mass is 410 g/mol. The fraction of sp³-hybridized carbons (Fsp3) is 0. The van der Waals surface area contributed by atoms with E-state index in [1.54, 1.807) is 36.4 Å². The fourth-order valence-electron chi connectivity index (χ4n) is 2.04. The second kappa shape index (κ2) is 5.91. The summed E-state index contributed by atoms with van der Waals surface area (Å²) in [4.78, 5) is 0.427. The van der Waals surface area contributed by atoms with Crippen LogP contribution in [0.5, 0.6) is 0 Å². The van der Waals surface area contributed by atoms with Gasteiger partial charge in [0, 0.05) is 10.0 Å². The van der Waals surface area contributed by atoms with Crippen LogP contribution in [0.4, 0.5) is 0 Å². The van der Waals surface area contributed by atoms with Crippen LogP contribution < -0.4 is 5.84 Å². The predicted molar refractivity (Wildman–Crippen MR) is 92.6 cm³/mol. The van der Waals surface area contributed by atoms with E-state index in [0.717, 1.165) is 4.47 Å². The number of aromatic nitrogens is 3. The first-order chi connectivity index (χ1) is 10.9. The number of benzene rings is 2. The van der Waals surface area contributed by atoms with Gasteiger partial charge >= 0.3 is 0 Å². The van der Waals surface area contributed by atoms with Gasteiger partial charge in [-0.25, -0.2) is 18.2 Å². The maximum atomic E-state index is 12.6. The highest BCUT2D eigenvalue weighted by atomic mass is 79.9. The number of hydrogen-bond acceptors (Lipinski definition) is 5. The lowest BCUT2D eigenvalue weighted by atomic mass is 10.2. The van der Waals surface area contributed by atoms with Gasteiger partial charge < -0.3 is 5.84 Å². The molecule has 0 saturated carbocycles. The summed E-state index contributed by atoms with van der Waals surface area (Å²) in [5.74, 6) is 6.19. The Balaban J connectivity index is 2.00. The van der Waals surface area contributed by atoms with Crippen molar-refractivity contribution in [2.24, 2.45) is 0 Å². The van der Waals surface area contributed by atoms with Crippen LogP contribution in [-0.4, -0.2) is 23.3 Å². The number of H-pyrrole nitrogens is 1. The Labute approximate surface area is 146 Å². The zero-order valence-corrected chi connectivity index (χ0v) is 14.8. The van der Waals surface area contributed by atoms with Crippen molar-refractivity contribution in [3.05, 3.63) is 57.8 Å². The zero-order chi connectivity index (χ0) is 16.6. The van der Waals surface area contributed by atoms with Crippen molar-refractivity contribution in [3.63, 3.8) is 0 Å². The van der Waals surface area contributed by atoms with E-state index in [1.807, 2.05) is 0 Å². The average Bonchev–Trinajstić information content (AvgIpc) is 2.87. The highest BCUT2D eigenvalue weighted by molar-refractivity contribution is 9.10. The van der Waals surface area contributed by atoms with Gasteiger partial charge in [0.2, 0.25) is 14.6 Å². The Morgan fingerprint density at radius 3 is 2.04 bits per heavy atom. The van der Waals surface area contributed by atoms with E-state index < -0.39 is 9.84 Å². The zero-order valence-electron chi connectivity index (χ0n) is 11.6. The Hall–Kier alpha value is -1.97. The summed E-state index contributed by atoms with van der Waals surface area (Å²) >= 11 is 8.24. The lowest BCUT2D eigenvalue weighted by molar-refractivity contribution is 0.596. The van der Waals surface area contributed by atoms with Crippen molar-refractivity contribution in [1.82, 2.24) is 14.9 Å². The number of hydrogen-bond donors (Lipinski definition) is 2. The molecule has 0 aliphatic carbocycles. The summed E-state index contributed by atoms with van der Waals surface area (Å²) in [5, 5.41) is 6.59. The molecule has 0 amide bonds. The minimum Gasteiger partial charge on any atom is -0.335 e. The Kier molecular flexibility index (Phi) is 4.09. The van der Waals surface area contributed by atoms with E-state index in [0.29, 0.717) is 11.4 Å². The summed E-state index contributed by atoms with van der Waals surface area (Å²) in [6.07, 6.45) is 0. The van der Waals surface area contributed by atoms with Crippen molar-refractivity contribution < 1.29 is 8.42 Å². The SMILES string of the molecule is Nn1c(-c2ccc(S(=O)(=O)c3ccc(Br)cc3)cc2)n[nH]c1=S. The minimum atomic E-state index is -3.57. The second-order valence-corrected chi connectivity index (χ2v) is 7.96. The molecule has 0 fully saturated rings. The standard InChI is InChI=1S/C14H11BrN4O2S2/c15-10-3-7-12(8-4-10)23(20,21)11-5-1-9(2-6-11)13-17-18-14(22)19(13)16/h1-8H,16H2,(H,18,22). The molecule has 2 aromatic carbocycles. The molecule has 0 saturated heterocycles. The van der Waals surface area contributed by atoms with Crippen LogP contribution in [0.15, 0.2) is 62.8 Å². The van der Waals surface area contributed by atoms with E-state index in [2.05, 4.69) is 26.1 Å². The maximum absolute atomic E-state index is 12.6. The number of nitrogens with one attached hydrogen (secondary N) is 1. The highest BCUT2D eigenvalue weighted by Crippen LogP contribution is 2.25. The first-order valence-corrected chi connectivity index (χ1v) is 9.11. The van der Waals surface area contributed by atoms with Gasteiger partial charge in [-0.05, 0) is 60.7 Å². The second-order valence-electron chi connectivity index (χ2n) is 4.70. The lowest BCUT2D eigenvalue weighted by Gasteiger charge is -2.06. The summed E-state index contributed by atoms with van der Waals surface area (Å²) in [7, 11) is -3.57.